The van der Waals surface area contributed by atoms with Crippen LogP contribution in [0.25, 0.3) is 11.1 Å². The number of nitrogens with one attached hydrogen (secondary N) is 1. The summed E-state index contributed by atoms with van der Waals surface area (Å²) in [5.74, 6) is -0.107. The van der Waals surface area contributed by atoms with Gasteiger partial charge in [0, 0.05) is 21.3 Å². The second-order valence-electron chi connectivity index (χ2n) is 7.50. The van der Waals surface area contributed by atoms with Crippen molar-refractivity contribution in [3.05, 3.63) is 76.8 Å². The lowest BCUT2D eigenvalue weighted by Gasteiger charge is -2.32. The fourth-order valence-electron chi connectivity index (χ4n) is 3.58. The number of carbonyl (C=O) groups is 1. The van der Waals surface area contributed by atoms with E-state index in [1.54, 1.807) is 36.4 Å². The highest BCUT2D eigenvalue weighted by atomic mass is 79.9. The van der Waals surface area contributed by atoms with Gasteiger partial charge in [-0.25, -0.2) is 8.42 Å². The average molecular weight is 485 g/mol. The predicted octanol–water partition coefficient (Wildman–Crippen LogP) is 5.39. The SMILES string of the molecule is CC(C)c1ccc2c(c1)-c1ccccc1S(=O)(=O)N2CC(=O)Nc1cccc(Br)c1. The van der Waals surface area contributed by atoms with Gasteiger partial charge in [0.05, 0.1) is 10.6 Å². The van der Waals surface area contributed by atoms with Gasteiger partial charge in [-0.05, 0) is 47.9 Å². The van der Waals surface area contributed by atoms with E-state index in [0.29, 0.717) is 22.9 Å². The summed E-state index contributed by atoms with van der Waals surface area (Å²) in [6.45, 7) is 3.88. The Kier molecular flexibility index (Phi) is 5.42. The Labute approximate surface area is 184 Å². The van der Waals surface area contributed by atoms with Gasteiger partial charge in [-0.15, -0.1) is 0 Å². The Morgan fingerprint density at radius 2 is 1.77 bits per heavy atom. The molecule has 0 atom stereocenters. The molecule has 0 radical (unpaired) electrons. The van der Waals surface area contributed by atoms with E-state index in [9.17, 15) is 13.2 Å². The molecule has 0 saturated carbocycles. The van der Waals surface area contributed by atoms with Crippen LogP contribution in [0.2, 0.25) is 0 Å². The number of carbonyl (C=O) groups excluding carboxylic acids is 1. The maximum Gasteiger partial charge on any atom is 0.265 e. The minimum atomic E-state index is -3.86. The monoisotopic (exact) mass is 484 g/mol. The first-order valence-corrected chi connectivity index (χ1v) is 11.8. The fourth-order valence-corrected chi connectivity index (χ4v) is 5.62. The van der Waals surface area contributed by atoms with Crippen LogP contribution >= 0.6 is 15.9 Å². The summed E-state index contributed by atoms with van der Waals surface area (Å²) in [6.07, 6.45) is 0. The first kappa shape index (κ1) is 20.6. The molecule has 154 valence electrons. The highest BCUT2D eigenvalue weighted by Gasteiger charge is 2.36. The van der Waals surface area contributed by atoms with Gasteiger partial charge in [0.1, 0.15) is 6.54 Å². The van der Waals surface area contributed by atoms with Crippen LogP contribution in [0, 0.1) is 0 Å². The van der Waals surface area contributed by atoms with E-state index in [-0.39, 0.29) is 11.4 Å². The summed E-state index contributed by atoms with van der Waals surface area (Å²) in [7, 11) is -3.86. The molecule has 0 spiro atoms. The van der Waals surface area contributed by atoms with E-state index in [1.165, 1.54) is 4.31 Å². The lowest BCUT2D eigenvalue weighted by molar-refractivity contribution is -0.114. The van der Waals surface area contributed by atoms with Crippen LogP contribution in [0.15, 0.2) is 76.1 Å². The molecule has 3 aromatic carbocycles. The zero-order chi connectivity index (χ0) is 21.5. The van der Waals surface area contributed by atoms with Crippen molar-refractivity contribution >= 4 is 43.2 Å². The van der Waals surface area contributed by atoms with Crippen molar-refractivity contribution in [2.24, 2.45) is 0 Å². The van der Waals surface area contributed by atoms with Crippen molar-refractivity contribution in [3.8, 4) is 11.1 Å². The van der Waals surface area contributed by atoms with Gasteiger partial charge in [0.15, 0.2) is 0 Å². The topological polar surface area (TPSA) is 66.5 Å². The van der Waals surface area contributed by atoms with Crippen LogP contribution in [-0.4, -0.2) is 20.9 Å². The molecule has 1 N–H and O–H groups in total. The zero-order valence-corrected chi connectivity index (χ0v) is 19.0. The third-order valence-electron chi connectivity index (χ3n) is 5.10. The van der Waals surface area contributed by atoms with E-state index in [1.807, 2.05) is 30.3 Å². The van der Waals surface area contributed by atoms with Crippen molar-refractivity contribution in [2.75, 3.05) is 16.2 Å². The maximum atomic E-state index is 13.4. The normalized spacial score (nSPS) is 14.2. The van der Waals surface area contributed by atoms with E-state index in [0.717, 1.165) is 15.6 Å². The first-order chi connectivity index (χ1) is 14.3. The highest BCUT2D eigenvalue weighted by molar-refractivity contribution is 9.10. The zero-order valence-electron chi connectivity index (χ0n) is 16.6. The van der Waals surface area contributed by atoms with Gasteiger partial charge < -0.3 is 5.32 Å². The number of hydrogen-bond acceptors (Lipinski definition) is 3. The van der Waals surface area contributed by atoms with Gasteiger partial charge in [0.2, 0.25) is 5.91 Å². The molecule has 3 aromatic rings. The van der Waals surface area contributed by atoms with Crippen LogP contribution < -0.4 is 9.62 Å². The summed E-state index contributed by atoms with van der Waals surface area (Å²) < 4.78 is 28.8. The summed E-state index contributed by atoms with van der Waals surface area (Å²) in [6, 6.07) is 19.9. The third-order valence-corrected chi connectivity index (χ3v) is 7.41. The minimum absolute atomic E-state index is 0.216. The van der Waals surface area contributed by atoms with E-state index < -0.39 is 15.9 Å². The number of halogens is 1. The van der Waals surface area contributed by atoms with E-state index in [4.69, 9.17) is 0 Å². The van der Waals surface area contributed by atoms with Crippen molar-refractivity contribution < 1.29 is 13.2 Å². The van der Waals surface area contributed by atoms with Crippen LogP contribution in [-0.2, 0) is 14.8 Å². The molecular formula is C23H21BrN2O3S. The highest BCUT2D eigenvalue weighted by Crippen LogP contribution is 2.43. The fraction of sp³-hybridized carbons (Fsp3) is 0.174. The first-order valence-electron chi connectivity index (χ1n) is 9.59. The smallest absolute Gasteiger partial charge is 0.265 e. The summed E-state index contributed by atoms with van der Waals surface area (Å²) in [5.41, 5.74) is 3.71. The average Bonchev–Trinajstić information content (AvgIpc) is 2.71. The standard InChI is InChI=1S/C23H21BrN2O3S/c1-15(2)16-10-11-21-20(12-16)19-8-3-4-9-22(19)30(28,29)26(21)14-23(27)25-18-7-5-6-17(24)13-18/h3-13,15H,14H2,1-2H3,(H,25,27). The van der Waals surface area contributed by atoms with E-state index in [2.05, 4.69) is 35.1 Å². The number of hydrogen-bond donors (Lipinski definition) is 1. The van der Waals surface area contributed by atoms with Gasteiger partial charge >= 0.3 is 0 Å². The Morgan fingerprint density at radius 3 is 2.50 bits per heavy atom. The lowest BCUT2D eigenvalue weighted by Crippen LogP contribution is -2.40. The Bertz CT molecular complexity index is 1240. The number of benzene rings is 3. The summed E-state index contributed by atoms with van der Waals surface area (Å²) in [4.78, 5) is 13.0. The van der Waals surface area contributed by atoms with Crippen molar-refractivity contribution in [1.29, 1.82) is 0 Å². The van der Waals surface area contributed by atoms with Crippen LogP contribution in [0.4, 0.5) is 11.4 Å². The Hall–Kier alpha value is -2.64. The van der Waals surface area contributed by atoms with Crippen LogP contribution in [0.5, 0.6) is 0 Å². The summed E-state index contributed by atoms with van der Waals surface area (Å²) in [5, 5.41) is 2.78. The molecule has 1 heterocycles. The molecule has 1 aliphatic heterocycles. The molecule has 1 aliphatic rings. The molecular weight excluding hydrogens is 464 g/mol. The van der Waals surface area contributed by atoms with Crippen molar-refractivity contribution in [2.45, 2.75) is 24.7 Å². The molecule has 0 aliphatic carbocycles. The predicted molar refractivity (Wildman–Crippen MR) is 123 cm³/mol. The molecule has 30 heavy (non-hydrogen) atoms. The molecule has 0 bridgehead atoms. The molecule has 0 saturated heterocycles. The summed E-state index contributed by atoms with van der Waals surface area (Å²) >= 11 is 3.37. The third kappa shape index (κ3) is 3.75. The van der Waals surface area contributed by atoms with Crippen LogP contribution in [0.1, 0.15) is 25.3 Å². The van der Waals surface area contributed by atoms with Gasteiger partial charge in [-0.3, -0.25) is 9.10 Å². The lowest BCUT2D eigenvalue weighted by atomic mass is 9.95. The van der Waals surface area contributed by atoms with Gasteiger partial charge in [-0.1, -0.05) is 60.1 Å². The number of anilines is 2. The number of nitrogens with zero attached hydrogens (tertiary/aromatic N) is 1. The number of rotatable bonds is 4. The second kappa shape index (κ2) is 7.89. The van der Waals surface area contributed by atoms with E-state index >= 15 is 0 Å². The van der Waals surface area contributed by atoms with Gasteiger partial charge in [-0.2, -0.15) is 0 Å². The molecule has 5 nitrogen and oxygen atoms in total. The van der Waals surface area contributed by atoms with Crippen molar-refractivity contribution in [3.63, 3.8) is 0 Å². The quantitative estimate of drug-likeness (QED) is 0.539. The number of fused-ring (bicyclic) bond motifs is 3. The Morgan fingerprint density at radius 1 is 1.00 bits per heavy atom. The number of sulfonamides is 1. The van der Waals surface area contributed by atoms with Gasteiger partial charge in [0.25, 0.3) is 10.0 Å². The molecule has 7 heteroatoms. The number of amides is 1. The minimum Gasteiger partial charge on any atom is -0.324 e. The Balaban J connectivity index is 1.76. The molecule has 0 unspecified atom stereocenters. The van der Waals surface area contributed by atoms with Crippen molar-refractivity contribution in [1.82, 2.24) is 0 Å². The maximum absolute atomic E-state index is 13.4. The van der Waals surface area contributed by atoms with Crippen LogP contribution in [0.3, 0.4) is 0 Å². The molecule has 4 rings (SSSR count). The molecule has 1 amide bonds. The molecule has 0 fully saturated rings. The molecule has 0 aromatic heterocycles. The largest absolute Gasteiger partial charge is 0.324 e. The second-order valence-corrected chi connectivity index (χ2v) is 10.2.